The van der Waals surface area contributed by atoms with Gasteiger partial charge in [-0.2, -0.15) is 4.31 Å². The number of benzene rings is 2. The highest BCUT2D eigenvalue weighted by atomic mass is 32.2. The molecule has 7 nitrogen and oxygen atoms in total. The number of methoxy groups -OCH3 is 2. The first-order valence-corrected chi connectivity index (χ1v) is 11.4. The maximum absolute atomic E-state index is 13.0. The van der Waals surface area contributed by atoms with E-state index in [1.807, 2.05) is 37.3 Å². The first-order valence-electron chi connectivity index (χ1n) is 9.94. The van der Waals surface area contributed by atoms with Gasteiger partial charge in [0.2, 0.25) is 15.9 Å². The van der Waals surface area contributed by atoms with E-state index < -0.39 is 10.0 Å². The SMILES string of the molecule is COc1ccc(S(=O)(=O)N2CCC(C(=O)NC(C)c3ccccc3)CC2)cc1OC. The maximum atomic E-state index is 13.0. The van der Waals surface area contributed by atoms with Gasteiger partial charge in [0.15, 0.2) is 11.5 Å². The molecule has 8 heteroatoms. The van der Waals surface area contributed by atoms with E-state index in [1.165, 1.54) is 30.7 Å². The highest BCUT2D eigenvalue weighted by molar-refractivity contribution is 7.89. The highest BCUT2D eigenvalue weighted by Crippen LogP contribution is 2.32. The van der Waals surface area contributed by atoms with E-state index in [9.17, 15) is 13.2 Å². The van der Waals surface area contributed by atoms with Crippen LogP contribution in [0.15, 0.2) is 53.4 Å². The number of hydrogen-bond donors (Lipinski definition) is 1. The average Bonchev–Trinajstić information content (AvgIpc) is 2.79. The van der Waals surface area contributed by atoms with Crippen LogP contribution in [0.5, 0.6) is 11.5 Å². The van der Waals surface area contributed by atoms with Gasteiger partial charge in [0, 0.05) is 25.1 Å². The molecular weight excluding hydrogens is 404 g/mol. The van der Waals surface area contributed by atoms with Crippen LogP contribution >= 0.6 is 0 Å². The van der Waals surface area contributed by atoms with Gasteiger partial charge in [0.05, 0.1) is 25.2 Å². The third kappa shape index (κ3) is 4.76. The number of carbonyl (C=O) groups excluding carboxylic acids is 1. The molecule has 30 heavy (non-hydrogen) atoms. The van der Waals surface area contributed by atoms with Gasteiger partial charge >= 0.3 is 0 Å². The fraction of sp³-hybridized carbons (Fsp3) is 0.409. The summed E-state index contributed by atoms with van der Waals surface area (Å²) in [5, 5.41) is 3.04. The summed E-state index contributed by atoms with van der Waals surface area (Å²) in [5.41, 5.74) is 1.04. The summed E-state index contributed by atoms with van der Waals surface area (Å²) < 4.78 is 37.9. The van der Waals surface area contributed by atoms with Gasteiger partial charge in [-0.3, -0.25) is 4.79 Å². The normalized spacial score (nSPS) is 16.6. The van der Waals surface area contributed by atoms with Crippen LogP contribution in [0.3, 0.4) is 0 Å². The van der Waals surface area contributed by atoms with Crippen LogP contribution < -0.4 is 14.8 Å². The second-order valence-electron chi connectivity index (χ2n) is 7.34. The minimum atomic E-state index is -3.67. The maximum Gasteiger partial charge on any atom is 0.243 e. The molecule has 0 radical (unpaired) electrons. The molecule has 1 fully saturated rings. The highest BCUT2D eigenvalue weighted by Gasteiger charge is 2.33. The Labute approximate surface area is 178 Å². The van der Waals surface area contributed by atoms with Crippen LogP contribution in [0.2, 0.25) is 0 Å². The third-order valence-corrected chi connectivity index (χ3v) is 7.37. The van der Waals surface area contributed by atoms with Gasteiger partial charge in [0.1, 0.15) is 0 Å². The van der Waals surface area contributed by atoms with Crippen LogP contribution in [0.1, 0.15) is 31.4 Å². The van der Waals surface area contributed by atoms with E-state index >= 15 is 0 Å². The molecule has 3 rings (SSSR count). The number of hydrogen-bond acceptors (Lipinski definition) is 5. The van der Waals surface area contributed by atoms with Gasteiger partial charge < -0.3 is 14.8 Å². The standard InChI is InChI=1S/C22H28N2O5S/c1-16(17-7-5-4-6-8-17)23-22(25)18-11-13-24(14-12-18)30(26,27)19-9-10-20(28-2)21(15-19)29-3/h4-10,15-16,18H,11-14H2,1-3H3,(H,23,25). The van der Waals surface area contributed by atoms with Crippen LogP contribution in [0, 0.1) is 5.92 Å². The Morgan fingerprint density at radius 2 is 1.67 bits per heavy atom. The van der Waals surface area contributed by atoms with Gasteiger partial charge in [-0.1, -0.05) is 30.3 Å². The molecule has 1 unspecified atom stereocenters. The molecule has 0 spiro atoms. The molecule has 0 bridgehead atoms. The number of carbonyl (C=O) groups is 1. The Balaban J connectivity index is 1.62. The van der Waals surface area contributed by atoms with Gasteiger partial charge in [0.25, 0.3) is 0 Å². The van der Waals surface area contributed by atoms with Crippen LogP contribution in [-0.2, 0) is 14.8 Å². The number of nitrogens with one attached hydrogen (secondary N) is 1. The van der Waals surface area contributed by atoms with Gasteiger partial charge in [-0.15, -0.1) is 0 Å². The van der Waals surface area contributed by atoms with Gasteiger partial charge in [-0.25, -0.2) is 8.42 Å². The Morgan fingerprint density at radius 1 is 1.03 bits per heavy atom. The minimum absolute atomic E-state index is 0.0329. The zero-order valence-electron chi connectivity index (χ0n) is 17.5. The Hall–Kier alpha value is -2.58. The topological polar surface area (TPSA) is 84.9 Å². The number of amides is 1. The molecule has 1 N–H and O–H groups in total. The molecule has 1 saturated heterocycles. The lowest BCUT2D eigenvalue weighted by Crippen LogP contribution is -2.43. The van der Waals surface area contributed by atoms with Crippen molar-refractivity contribution < 1.29 is 22.7 Å². The number of piperidine rings is 1. The summed E-state index contributed by atoms with van der Waals surface area (Å²) >= 11 is 0. The van der Waals surface area contributed by atoms with Crippen molar-refractivity contribution in [2.45, 2.75) is 30.7 Å². The van der Waals surface area contributed by atoms with E-state index in [-0.39, 0.29) is 22.8 Å². The summed E-state index contributed by atoms with van der Waals surface area (Å²) in [4.78, 5) is 12.8. The predicted octanol–water partition coefficient (Wildman–Crippen LogP) is 2.98. The molecule has 1 aliphatic rings. The summed E-state index contributed by atoms with van der Waals surface area (Å²) in [6, 6.07) is 14.2. The van der Waals surface area contributed by atoms with E-state index in [4.69, 9.17) is 9.47 Å². The first kappa shape index (κ1) is 22.1. The summed E-state index contributed by atoms with van der Waals surface area (Å²) in [5.74, 6) is 0.602. The zero-order chi connectivity index (χ0) is 21.7. The van der Waals surface area contributed by atoms with Crippen molar-refractivity contribution >= 4 is 15.9 Å². The quantitative estimate of drug-likeness (QED) is 0.727. The van der Waals surface area contributed by atoms with Crippen molar-refractivity contribution in [1.29, 1.82) is 0 Å². The molecule has 162 valence electrons. The fourth-order valence-electron chi connectivity index (χ4n) is 3.64. The molecule has 1 heterocycles. The molecule has 1 atom stereocenters. The fourth-order valence-corrected chi connectivity index (χ4v) is 5.13. The number of ether oxygens (including phenoxy) is 2. The van der Waals surface area contributed by atoms with Crippen molar-refractivity contribution in [2.75, 3.05) is 27.3 Å². The lowest BCUT2D eigenvalue weighted by atomic mass is 9.96. The molecule has 1 aliphatic heterocycles. The number of nitrogens with zero attached hydrogens (tertiary/aromatic N) is 1. The zero-order valence-corrected chi connectivity index (χ0v) is 18.3. The first-order chi connectivity index (χ1) is 14.4. The minimum Gasteiger partial charge on any atom is -0.493 e. The molecule has 0 aliphatic carbocycles. The number of sulfonamides is 1. The van der Waals surface area contributed by atoms with E-state index in [0.29, 0.717) is 37.4 Å². The molecular formula is C22H28N2O5S. The van der Waals surface area contributed by atoms with E-state index in [0.717, 1.165) is 5.56 Å². The number of rotatable bonds is 7. The van der Waals surface area contributed by atoms with E-state index in [2.05, 4.69) is 5.32 Å². The van der Waals surface area contributed by atoms with Crippen LogP contribution in [0.4, 0.5) is 0 Å². The molecule has 2 aromatic carbocycles. The second-order valence-corrected chi connectivity index (χ2v) is 9.27. The van der Waals surface area contributed by atoms with Crippen molar-refractivity contribution in [3.05, 3.63) is 54.1 Å². The largest absolute Gasteiger partial charge is 0.493 e. The molecule has 0 saturated carbocycles. The van der Waals surface area contributed by atoms with Gasteiger partial charge in [-0.05, 0) is 37.5 Å². The predicted molar refractivity (Wildman–Crippen MR) is 114 cm³/mol. The van der Waals surface area contributed by atoms with E-state index in [1.54, 1.807) is 6.07 Å². The van der Waals surface area contributed by atoms with Crippen molar-refractivity contribution in [2.24, 2.45) is 5.92 Å². The Morgan fingerprint density at radius 3 is 2.27 bits per heavy atom. The lowest BCUT2D eigenvalue weighted by molar-refractivity contribution is -0.126. The van der Waals surface area contributed by atoms with Crippen LogP contribution in [0.25, 0.3) is 0 Å². The molecule has 1 amide bonds. The second kappa shape index (κ2) is 9.49. The van der Waals surface area contributed by atoms with Crippen molar-refractivity contribution in [3.63, 3.8) is 0 Å². The smallest absolute Gasteiger partial charge is 0.243 e. The lowest BCUT2D eigenvalue weighted by Gasteiger charge is -2.31. The Kier molecular flexibility index (Phi) is 6.99. The van der Waals surface area contributed by atoms with Crippen molar-refractivity contribution in [3.8, 4) is 11.5 Å². The molecule has 0 aromatic heterocycles. The molecule has 2 aromatic rings. The summed E-state index contributed by atoms with van der Waals surface area (Å²) in [6.45, 7) is 2.55. The monoisotopic (exact) mass is 432 g/mol. The Bertz CT molecular complexity index is 970. The van der Waals surface area contributed by atoms with Crippen molar-refractivity contribution in [1.82, 2.24) is 9.62 Å². The third-order valence-electron chi connectivity index (χ3n) is 5.48. The average molecular weight is 433 g/mol. The van der Waals surface area contributed by atoms with Crippen LogP contribution in [-0.4, -0.2) is 45.9 Å². The summed E-state index contributed by atoms with van der Waals surface area (Å²) in [7, 11) is -0.701. The summed E-state index contributed by atoms with van der Waals surface area (Å²) in [6.07, 6.45) is 0.972.